The highest BCUT2D eigenvalue weighted by Crippen LogP contribution is 2.24. The molecule has 0 N–H and O–H groups in total. The summed E-state index contributed by atoms with van der Waals surface area (Å²) in [5.74, 6) is 0.752. The molecule has 1 aromatic carbocycles. The monoisotopic (exact) mass is 339 g/mol. The smallest absolute Gasteiger partial charge is 0.229 e. The average Bonchev–Trinajstić information content (AvgIpc) is 2.35. The summed E-state index contributed by atoms with van der Waals surface area (Å²) < 4.78 is 1.05. The van der Waals surface area contributed by atoms with Crippen molar-refractivity contribution in [2.75, 3.05) is 11.4 Å². The molecule has 0 unspecified atom stereocenters. The molecule has 0 radical (unpaired) electrons. The summed E-state index contributed by atoms with van der Waals surface area (Å²) in [6, 6.07) is 8.28. The molecule has 0 fully saturated rings. The molecular formula is C13H14IN3. The largest absolute Gasteiger partial charge is 0.311 e. The van der Waals surface area contributed by atoms with Gasteiger partial charge in [0.05, 0.1) is 0 Å². The highest BCUT2D eigenvalue weighted by atomic mass is 127. The van der Waals surface area contributed by atoms with E-state index in [-0.39, 0.29) is 0 Å². The van der Waals surface area contributed by atoms with Crippen LogP contribution in [0, 0.1) is 10.5 Å². The highest BCUT2D eigenvalue weighted by Gasteiger charge is 2.11. The third-order valence-corrected chi connectivity index (χ3v) is 3.13. The maximum Gasteiger partial charge on any atom is 0.229 e. The van der Waals surface area contributed by atoms with Gasteiger partial charge >= 0.3 is 0 Å². The minimum Gasteiger partial charge on any atom is -0.311 e. The lowest BCUT2D eigenvalue weighted by atomic mass is 10.2. The second-order valence-corrected chi connectivity index (χ2v) is 4.98. The Morgan fingerprint density at radius 3 is 2.41 bits per heavy atom. The van der Waals surface area contributed by atoms with E-state index >= 15 is 0 Å². The van der Waals surface area contributed by atoms with E-state index in [1.807, 2.05) is 24.5 Å². The predicted octanol–water partition coefficient (Wildman–Crippen LogP) is 3.55. The number of benzene rings is 1. The van der Waals surface area contributed by atoms with E-state index in [2.05, 4.69) is 63.4 Å². The van der Waals surface area contributed by atoms with E-state index in [4.69, 9.17) is 0 Å². The molecule has 0 atom stereocenters. The topological polar surface area (TPSA) is 29.0 Å². The van der Waals surface area contributed by atoms with Gasteiger partial charge in [-0.3, -0.25) is 0 Å². The maximum absolute atomic E-state index is 4.37. The number of hydrogen-bond donors (Lipinski definition) is 0. The van der Waals surface area contributed by atoms with Gasteiger partial charge in [0.1, 0.15) is 0 Å². The summed E-state index contributed by atoms with van der Waals surface area (Å²) in [6.07, 6.45) is 3.67. The molecule has 0 amide bonds. The van der Waals surface area contributed by atoms with Crippen molar-refractivity contribution in [1.82, 2.24) is 9.97 Å². The first kappa shape index (κ1) is 12.3. The van der Waals surface area contributed by atoms with Crippen LogP contribution in [-0.2, 0) is 0 Å². The first-order valence-corrected chi connectivity index (χ1v) is 6.61. The van der Waals surface area contributed by atoms with Crippen molar-refractivity contribution in [2.24, 2.45) is 0 Å². The average molecular weight is 339 g/mol. The van der Waals surface area contributed by atoms with E-state index in [0.717, 1.165) is 21.8 Å². The van der Waals surface area contributed by atoms with Gasteiger partial charge in [-0.15, -0.1) is 0 Å². The predicted molar refractivity (Wildman–Crippen MR) is 78.6 cm³/mol. The standard InChI is InChI=1S/C13H14IN3/c1-3-17(12-7-5-4-6-10(12)2)13-15-8-11(14)9-16-13/h4-9H,3H2,1-2H3. The number of para-hydroxylation sites is 1. The minimum atomic E-state index is 0.752. The number of aryl methyl sites for hydroxylation is 1. The van der Waals surface area contributed by atoms with Crippen molar-refractivity contribution in [1.29, 1.82) is 0 Å². The summed E-state index contributed by atoms with van der Waals surface area (Å²) in [5.41, 5.74) is 2.40. The highest BCUT2D eigenvalue weighted by molar-refractivity contribution is 14.1. The summed E-state index contributed by atoms with van der Waals surface area (Å²) >= 11 is 2.21. The molecule has 0 aliphatic carbocycles. The van der Waals surface area contributed by atoms with Crippen LogP contribution in [0.3, 0.4) is 0 Å². The molecule has 0 bridgehead atoms. The number of aromatic nitrogens is 2. The van der Waals surface area contributed by atoms with Crippen LogP contribution in [0.5, 0.6) is 0 Å². The number of nitrogens with zero attached hydrogens (tertiary/aromatic N) is 3. The summed E-state index contributed by atoms with van der Waals surface area (Å²) in [5, 5.41) is 0. The van der Waals surface area contributed by atoms with Gasteiger partial charge < -0.3 is 4.90 Å². The molecule has 2 rings (SSSR count). The van der Waals surface area contributed by atoms with Crippen molar-refractivity contribution in [3.8, 4) is 0 Å². The van der Waals surface area contributed by atoms with Crippen LogP contribution >= 0.6 is 22.6 Å². The Kier molecular flexibility index (Phi) is 3.93. The molecule has 3 nitrogen and oxygen atoms in total. The van der Waals surface area contributed by atoms with Crippen molar-refractivity contribution >= 4 is 34.2 Å². The molecule has 0 saturated carbocycles. The van der Waals surface area contributed by atoms with Gasteiger partial charge in [-0.05, 0) is 48.1 Å². The van der Waals surface area contributed by atoms with Gasteiger partial charge in [0.2, 0.25) is 5.95 Å². The Morgan fingerprint density at radius 2 is 1.82 bits per heavy atom. The second kappa shape index (κ2) is 5.44. The lowest BCUT2D eigenvalue weighted by Gasteiger charge is -2.22. The molecule has 2 aromatic rings. The Morgan fingerprint density at radius 1 is 1.18 bits per heavy atom. The second-order valence-electron chi connectivity index (χ2n) is 3.73. The number of halogens is 1. The fourth-order valence-corrected chi connectivity index (χ4v) is 2.01. The van der Waals surface area contributed by atoms with Crippen LogP contribution < -0.4 is 4.90 Å². The normalized spacial score (nSPS) is 10.3. The van der Waals surface area contributed by atoms with Gasteiger partial charge in [-0.1, -0.05) is 18.2 Å². The molecule has 88 valence electrons. The van der Waals surface area contributed by atoms with E-state index in [1.165, 1.54) is 5.56 Å². The van der Waals surface area contributed by atoms with Crippen molar-refractivity contribution in [2.45, 2.75) is 13.8 Å². The Hall–Kier alpha value is -1.17. The van der Waals surface area contributed by atoms with Gasteiger partial charge in [-0.2, -0.15) is 0 Å². The van der Waals surface area contributed by atoms with Crippen LogP contribution in [0.2, 0.25) is 0 Å². The van der Waals surface area contributed by atoms with Crippen molar-refractivity contribution in [3.63, 3.8) is 0 Å². The zero-order valence-electron chi connectivity index (χ0n) is 9.89. The quantitative estimate of drug-likeness (QED) is 0.801. The molecule has 0 saturated heterocycles. The molecule has 17 heavy (non-hydrogen) atoms. The first-order chi connectivity index (χ1) is 8.22. The van der Waals surface area contributed by atoms with Crippen LogP contribution in [-0.4, -0.2) is 16.5 Å². The van der Waals surface area contributed by atoms with Crippen molar-refractivity contribution < 1.29 is 0 Å². The number of hydrogen-bond acceptors (Lipinski definition) is 3. The van der Waals surface area contributed by atoms with Gasteiger partial charge in [-0.25, -0.2) is 9.97 Å². The summed E-state index contributed by atoms with van der Waals surface area (Å²) in [7, 11) is 0. The fourth-order valence-electron chi connectivity index (χ4n) is 1.73. The van der Waals surface area contributed by atoms with E-state index in [0.29, 0.717) is 0 Å². The zero-order valence-corrected chi connectivity index (χ0v) is 12.0. The van der Waals surface area contributed by atoms with Crippen LogP contribution in [0.4, 0.5) is 11.6 Å². The van der Waals surface area contributed by atoms with Crippen LogP contribution in [0.25, 0.3) is 0 Å². The Bertz CT molecular complexity index is 496. The molecular weight excluding hydrogens is 325 g/mol. The lowest BCUT2D eigenvalue weighted by Crippen LogP contribution is -2.19. The fraction of sp³-hybridized carbons (Fsp3) is 0.231. The SMILES string of the molecule is CCN(c1ncc(I)cn1)c1ccccc1C. The van der Waals surface area contributed by atoms with E-state index in [9.17, 15) is 0 Å². The molecule has 0 aliphatic heterocycles. The van der Waals surface area contributed by atoms with E-state index in [1.54, 1.807) is 0 Å². The van der Waals surface area contributed by atoms with Crippen molar-refractivity contribution in [3.05, 3.63) is 45.8 Å². The summed E-state index contributed by atoms with van der Waals surface area (Å²) in [4.78, 5) is 10.9. The molecule has 0 spiro atoms. The van der Waals surface area contributed by atoms with Gasteiger partial charge in [0.25, 0.3) is 0 Å². The molecule has 4 heteroatoms. The first-order valence-electron chi connectivity index (χ1n) is 5.53. The van der Waals surface area contributed by atoms with Gasteiger partial charge in [0.15, 0.2) is 0 Å². The molecule has 0 aliphatic rings. The molecule has 1 aromatic heterocycles. The lowest BCUT2D eigenvalue weighted by molar-refractivity contribution is 0.938. The minimum absolute atomic E-state index is 0.752. The number of rotatable bonds is 3. The zero-order chi connectivity index (χ0) is 12.3. The van der Waals surface area contributed by atoms with Crippen LogP contribution in [0.1, 0.15) is 12.5 Å². The molecule has 1 heterocycles. The van der Waals surface area contributed by atoms with E-state index < -0.39 is 0 Å². The van der Waals surface area contributed by atoms with Gasteiger partial charge in [0, 0.05) is 28.2 Å². The summed E-state index contributed by atoms with van der Waals surface area (Å²) in [6.45, 7) is 5.06. The Labute approximate surface area is 115 Å². The maximum atomic E-state index is 4.37. The van der Waals surface area contributed by atoms with Crippen LogP contribution in [0.15, 0.2) is 36.7 Å². The third-order valence-electron chi connectivity index (χ3n) is 2.57. The Balaban J connectivity index is 2.40. The number of anilines is 2. The third kappa shape index (κ3) is 2.74.